The highest BCUT2D eigenvalue weighted by Gasteiger charge is 2.21. The summed E-state index contributed by atoms with van der Waals surface area (Å²) < 4.78 is 11.0. The van der Waals surface area contributed by atoms with E-state index in [0.717, 1.165) is 22.6 Å². The molecule has 1 aromatic carbocycles. The predicted molar refractivity (Wildman–Crippen MR) is 60.8 cm³/mol. The highest BCUT2D eigenvalue weighted by Crippen LogP contribution is 2.37. The molecule has 88 valence electrons. The molecule has 0 aromatic heterocycles. The Balaban J connectivity index is 2.41. The largest absolute Gasteiger partial charge is 0.486 e. The van der Waals surface area contributed by atoms with E-state index in [1.165, 1.54) is 0 Å². The van der Waals surface area contributed by atoms with Gasteiger partial charge in [-0.25, -0.2) is 0 Å². The summed E-state index contributed by atoms with van der Waals surface area (Å²) in [6.45, 7) is 4.81. The second kappa shape index (κ2) is 4.31. The molecule has 0 fully saturated rings. The lowest BCUT2D eigenvalue weighted by molar-refractivity contribution is 0.148. The van der Waals surface area contributed by atoms with Crippen molar-refractivity contribution >= 4 is 0 Å². The number of aliphatic hydroxyl groups excluding tert-OH is 1. The van der Waals surface area contributed by atoms with Gasteiger partial charge in [-0.15, -0.1) is 0 Å². The van der Waals surface area contributed by atoms with Gasteiger partial charge in [0, 0.05) is 11.6 Å². The van der Waals surface area contributed by atoms with Gasteiger partial charge in [0.1, 0.15) is 13.2 Å². The van der Waals surface area contributed by atoms with Crippen LogP contribution in [0.5, 0.6) is 11.5 Å². The molecule has 4 nitrogen and oxygen atoms in total. The van der Waals surface area contributed by atoms with E-state index in [4.69, 9.17) is 15.2 Å². The first-order valence-corrected chi connectivity index (χ1v) is 5.44. The molecule has 0 aliphatic carbocycles. The normalized spacial score (nSPS) is 18.0. The summed E-state index contributed by atoms with van der Waals surface area (Å²) in [7, 11) is 0. The molecule has 2 atom stereocenters. The van der Waals surface area contributed by atoms with E-state index in [0.29, 0.717) is 13.2 Å². The first kappa shape index (κ1) is 11.2. The van der Waals surface area contributed by atoms with Crippen LogP contribution < -0.4 is 15.2 Å². The van der Waals surface area contributed by atoms with Crippen LogP contribution in [0.3, 0.4) is 0 Å². The van der Waals surface area contributed by atoms with Gasteiger partial charge < -0.3 is 20.3 Å². The molecule has 1 aliphatic heterocycles. The van der Waals surface area contributed by atoms with Crippen LogP contribution in [0.25, 0.3) is 0 Å². The Hall–Kier alpha value is -1.26. The average Bonchev–Trinajstić information content (AvgIpc) is 2.29. The number of fused-ring (bicyclic) bond motifs is 1. The molecular weight excluding hydrogens is 206 g/mol. The zero-order chi connectivity index (χ0) is 11.7. The Morgan fingerprint density at radius 1 is 1.31 bits per heavy atom. The van der Waals surface area contributed by atoms with Crippen LogP contribution in [-0.2, 0) is 0 Å². The van der Waals surface area contributed by atoms with Gasteiger partial charge in [0.2, 0.25) is 0 Å². The standard InChI is InChI=1S/C12H17NO3/c1-7-9(11(14)8(2)13)3-4-10-12(7)16-6-5-15-10/h3-4,8,11,14H,5-6,13H2,1-2H3. The van der Waals surface area contributed by atoms with E-state index in [-0.39, 0.29) is 6.04 Å². The van der Waals surface area contributed by atoms with Crippen LogP contribution in [0.2, 0.25) is 0 Å². The van der Waals surface area contributed by atoms with E-state index < -0.39 is 6.10 Å². The van der Waals surface area contributed by atoms with Crippen molar-refractivity contribution in [2.75, 3.05) is 13.2 Å². The van der Waals surface area contributed by atoms with E-state index in [1.54, 1.807) is 6.92 Å². The second-order valence-electron chi connectivity index (χ2n) is 4.11. The first-order valence-electron chi connectivity index (χ1n) is 5.44. The number of ether oxygens (including phenoxy) is 2. The number of hydrogen-bond donors (Lipinski definition) is 2. The van der Waals surface area contributed by atoms with Crippen molar-refractivity contribution in [1.29, 1.82) is 0 Å². The quantitative estimate of drug-likeness (QED) is 0.789. The van der Waals surface area contributed by atoms with Gasteiger partial charge in [-0.3, -0.25) is 0 Å². The summed E-state index contributed by atoms with van der Waals surface area (Å²) in [6.07, 6.45) is -0.671. The minimum Gasteiger partial charge on any atom is -0.486 e. The maximum absolute atomic E-state index is 9.96. The summed E-state index contributed by atoms with van der Waals surface area (Å²) in [4.78, 5) is 0. The van der Waals surface area contributed by atoms with Gasteiger partial charge >= 0.3 is 0 Å². The molecule has 0 amide bonds. The van der Waals surface area contributed by atoms with Crippen molar-refractivity contribution in [2.45, 2.75) is 26.0 Å². The highest BCUT2D eigenvalue weighted by atomic mass is 16.6. The lowest BCUT2D eigenvalue weighted by Crippen LogP contribution is -2.25. The van der Waals surface area contributed by atoms with Crippen LogP contribution in [-0.4, -0.2) is 24.4 Å². The van der Waals surface area contributed by atoms with Crippen molar-refractivity contribution in [3.05, 3.63) is 23.3 Å². The Labute approximate surface area is 95.0 Å². The SMILES string of the molecule is Cc1c(C(O)C(C)N)ccc2c1OCCO2. The summed E-state index contributed by atoms with van der Waals surface area (Å²) >= 11 is 0. The Morgan fingerprint density at radius 2 is 2.00 bits per heavy atom. The van der Waals surface area contributed by atoms with Gasteiger partial charge in [-0.05, 0) is 25.5 Å². The fraction of sp³-hybridized carbons (Fsp3) is 0.500. The molecule has 0 radical (unpaired) electrons. The Bertz CT molecular complexity index is 390. The van der Waals surface area contributed by atoms with Crippen LogP contribution in [0.4, 0.5) is 0 Å². The number of rotatable bonds is 2. The molecule has 2 unspecified atom stereocenters. The number of nitrogens with two attached hydrogens (primary N) is 1. The van der Waals surface area contributed by atoms with E-state index in [1.807, 2.05) is 19.1 Å². The smallest absolute Gasteiger partial charge is 0.164 e. The summed E-state index contributed by atoms with van der Waals surface area (Å²) in [6, 6.07) is 3.36. The highest BCUT2D eigenvalue weighted by molar-refractivity contribution is 5.51. The zero-order valence-corrected chi connectivity index (χ0v) is 9.56. The van der Waals surface area contributed by atoms with Gasteiger partial charge in [0.15, 0.2) is 11.5 Å². The monoisotopic (exact) mass is 223 g/mol. The van der Waals surface area contributed by atoms with Gasteiger partial charge in [0.05, 0.1) is 6.10 Å². The van der Waals surface area contributed by atoms with Gasteiger partial charge in [-0.1, -0.05) is 6.07 Å². The molecule has 2 rings (SSSR count). The predicted octanol–water partition coefficient (Wildman–Crippen LogP) is 1.15. The van der Waals surface area contributed by atoms with E-state index >= 15 is 0 Å². The average molecular weight is 223 g/mol. The van der Waals surface area contributed by atoms with E-state index in [9.17, 15) is 5.11 Å². The Kier molecular flexibility index (Phi) is 3.03. The number of aliphatic hydroxyl groups is 1. The van der Waals surface area contributed by atoms with Crippen LogP contribution in [0, 0.1) is 6.92 Å². The molecule has 0 saturated carbocycles. The third-order valence-corrected chi connectivity index (χ3v) is 2.82. The molecule has 1 aliphatic rings. The van der Waals surface area contributed by atoms with Crippen molar-refractivity contribution in [1.82, 2.24) is 0 Å². The molecule has 16 heavy (non-hydrogen) atoms. The summed E-state index contributed by atoms with van der Waals surface area (Å²) in [5.74, 6) is 1.47. The summed E-state index contributed by atoms with van der Waals surface area (Å²) in [5, 5.41) is 9.96. The number of benzene rings is 1. The fourth-order valence-corrected chi connectivity index (χ4v) is 1.87. The Morgan fingerprint density at radius 3 is 2.69 bits per heavy atom. The molecule has 1 aromatic rings. The first-order chi connectivity index (χ1) is 7.61. The molecule has 4 heteroatoms. The van der Waals surface area contributed by atoms with Crippen molar-refractivity contribution < 1.29 is 14.6 Å². The molecule has 0 saturated heterocycles. The molecule has 1 heterocycles. The van der Waals surface area contributed by atoms with Crippen LogP contribution >= 0.6 is 0 Å². The minimum absolute atomic E-state index is 0.304. The summed E-state index contributed by atoms with van der Waals surface area (Å²) in [5.41, 5.74) is 7.40. The molecule has 0 bridgehead atoms. The minimum atomic E-state index is -0.671. The lowest BCUT2D eigenvalue weighted by Gasteiger charge is -2.24. The van der Waals surface area contributed by atoms with Crippen molar-refractivity contribution in [2.24, 2.45) is 5.73 Å². The zero-order valence-electron chi connectivity index (χ0n) is 9.56. The topological polar surface area (TPSA) is 64.7 Å². The van der Waals surface area contributed by atoms with Crippen molar-refractivity contribution in [3.63, 3.8) is 0 Å². The van der Waals surface area contributed by atoms with Crippen molar-refractivity contribution in [3.8, 4) is 11.5 Å². The molecular formula is C12H17NO3. The third-order valence-electron chi connectivity index (χ3n) is 2.82. The fourth-order valence-electron chi connectivity index (χ4n) is 1.87. The number of hydrogen-bond acceptors (Lipinski definition) is 4. The van der Waals surface area contributed by atoms with Gasteiger partial charge in [-0.2, -0.15) is 0 Å². The van der Waals surface area contributed by atoms with Gasteiger partial charge in [0.25, 0.3) is 0 Å². The van der Waals surface area contributed by atoms with E-state index in [2.05, 4.69) is 0 Å². The lowest BCUT2D eigenvalue weighted by atomic mass is 9.98. The second-order valence-corrected chi connectivity index (χ2v) is 4.11. The molecule has 0 spiro atoms. The molecule has 3 N–H and O–H groups in total. The maximum Gasteiger partial charge on any atom is 0.164 e. The third kappa shape index (κ3) is 1.86. The maximum atomic E-state index is 9.96. The van der Waals surface area contributed by atoms with Crippen LogP contribution in [0.1, 0.15) is 24.2 Å². The van der Waals surface area contributed by atoms with Crippen LogP contribution in [0.15, 0.2) is 12.1 Å².